The van der Waals surface area contributed by atoms with E-state index < -0.39 is 0 Å². The van der Waals surface area contributed by atoms with Crippen LogP contribution in [0, 0.1) is 0 Å². The highest BCUT2D eigenvalue weighted by atomic mass is 15.3. The van der Waals surface area contributed by atoms with E-state index in [0.717, 1.165) is 78.1 Å². The van der Waals surface area contributed by atoms with Crippen LogP contribution in [0.25, 0.3) is 83.3 Å². The normalized spacial score (nSPS) is 12.6. The molecule has 1 aliphatic carbocycles. The minimum absolute atomic E-state index is 0.210. The molecule has 2 aromatic heterocycles. The minimum atomic E-state index is -0.210. The van der Waals surface area contributed by atoms with Crippen LogP contribution in [-0.2, 0) is 5.41 Å². The van der Waals surface area contributed by atoms with Crippen molar-refractivity contribution in [1.29, 1.82) is 0 Å². The van der Waals surface area contributed by atoms with Gasteiger partial charge in [0.1, 0.15) is 5.69 Å². The molecule has 0 saturated heterocycles. The van der Waals surface area contributed by atoms with E-state index in [1.165, 1.54) is 33.4 Å². The Balaban J connectivity index is 1.28. The summed E-state index contributed by atoms with van der Waals surface area (Å²) in [6, 6.07) is 85.8. The molecule has 0 N–H and O–H groups in total. The average Bonchev–Trinajstić information content (AvgIpc) is 3.89. The van der Waals surface area contributed by atoms with Gasteiger partial charge in [-0.05, 0) is 51.1 Å². The number of benzene rings is 9. The Labute approximate surface area is 380 Å². The van der Waals surface area contributed by atoms with E-state index in [-0.39, 0.29) is 5.41 Å². The van der Waals surface area contributed by atoms with Crippen molar-refractivity contribution in [3.8, 4) is 67.0 Å². The molecule has 308 valence electrons. The van der Waals surface area contributed by atoms with Crippen LogP contribution in [0.3, 0.4) is 0 Å². The van der Waals surface area contributed by atoms with Crippen molar-refractivity contribution >= 4 is 33.4 Å². The van der Waals surface area contributed by atoms with Gasteiger partial charge >= 0.3 is 0 Å². The number of pyridine rings is 1. The lowest BCUT2D eigenvalue weighted by Gasteiger charge is -2.33. The van der Waals surface area contributed by atoms with Crippen molar-refractivity contribution in [1.82, 2.24) is 9.61 Å². The van der Waals surface area contributed by atoms with Gasteiger partial charge in [0, 0.05) is 44.0 Å². The first-order chi connectivity index (χ1) is 32.1. The number of hydrogen-bond acceptors (Lipinski definition) is 2. The van der Waals surface area contributed by atoms with Gasteiger partial charge in [-0.1, -0.05) is 238 Å². The third kappa shape index (κ3) is 6.15. The largest absolute Gasteiger partial charge is 0.306 e. The predicted molar refractivity (Wildman–Crippen MR) is 272 cm³/mol. The molecule has 11 aromatic rings. The van der Waals surface area contributed by atoms with Gasteiger partial charge in [0.05, 0.1) is 28.3 Å². The monoisotopic (exact) mass is 831 g/mol. The maximum Gasteiger partial charge on any atom is 0.101 e. The fourth-order valence-corrected chi connectivity index (χ4v) is 10.5. The van der Waals surface area contributed by atoms with E-state index >= 15 is 0 Å². The first kappa shape index (κ1) is 38.4. The average molecular weight is 832 g/mol. The molecule has 0 spiro atoms. The van der Waals surface area contributed by atoms with Crippen molar-refractivity contribution in [3.63, 3.8) is 0 Å². The zero-order valence-electron chi connectivity index (χ0n) is 36.4. The second kappa shape index (κ2) is 15.5. The van der Waals surface area contributed by atoms with Crippen molar-refractivity contribution in [2.45, 2.75) is 19.3 Å². The van der Waals surface area contributed by atoms with Gasteiger partial charge in [0.15, 0.2) is 0 Å². The lowest BCUT2D eigenvalue weighted by molar-refractivity contribution is 0.660. The molecule has 1 aliphatic rings. The summed E-state index contributed by atoms with van der Waals surface area (Å²) in [6.07, 6.45) is 0. The maximum absolute atomic E-state index is 5.77. The highest BCUT2D eigenvalue weighted by Gasteiger charge is 2.39. The van der Waals surface area contributed by atoms with E-state index in [1.807, 2.05) is 0 Å². The van der Waals surface area contributed by atoms with Crippen LogP contribution in [0.15, 0.2) is 237 Å². The van der Waals surface area contributed by atoms with Crippen molar-refractivity contribution in [2.75, 3.05) is 4.90 Å². The lowest BCUT2D eigenvalue weighted by Crippen LogP contribution is -2.18. The Hall–Kier alpha value is -8.27. The summed E-state index contributed by atoms with van der Waals surface area (Å²) >= 11 is 0. The van der Waals surface area contributed by atoms with Crippen molar-refractivity contribution in [3.05, 3.63) is 248 Å². The molecule has 3 heteroatoms. The van der Waals surface area contributed by atoms with E-state index in [4.69, 9.17) is 5.10 Å². The molecule has 0 amide bonds. The van der Waals surface area contributed by atoms with E-state index in [1.54, 1.807) is 0 Å². The van der Waals surface area contributed by atoms with E-state index in [2.05, 4.69) is 260 Å². The Kier molecular flexibility index (Phi) is 9.17. The topological polar surface area (TPSA) is 20.5 Å². The zero-order valence-corrected chi connectivity index (χ0v) is 36.4. The first-order valence-corrected chi connectivity index (χ1v) is 22.5. The van der Waals surface area contributed by atoms with Gasteiger partial charge in [0.25, 0.3) is 0 Å². The number of fused-ring (bicyclic) bond motifs is 6. The van der Waals surface area contributed by atoms with Gasteiger partial charge in [0.2, 0.25) is 0 Å². The second-order valence-electron chi connectivity index (χ2n) is 17.5. The number of anilines is 3. The van der Waals surface area contributed by atoms with Gasteiger partial charge in [-0.15, -0.1) is 0 Å². The van der Waals surface area contributed by atoms with Crippen LogP contribution in [-0.4, -0.2) is 9.61 Å². The summed E-state index contributed by atoms with van der Waals surface area (Å²) in [5, 5.41) is 8.02. The summed E-state index contributed by atoms with van der Waals surface area (Å²) in [5.41, 5.74) is 20.2. The molecular formula is C62H45N3. The number of para-hydroxylation sites is 1. The van der Waals surface area contributed by atoms with Crippen LogP contribution < -0.4 is 4.90 Å². The smallest absolute Gasteiger partial charge is 0.101 e. The van der Waals surface area contributed by atoms with Crippen molar-refractivity contribution in [2.24, 2.45) is 0 Å². The third-order valence-electron chi connectivity index (χ3n) is 13.4. The van der Waals surface area contributed by atoms with Crippen LogP contribution in [0.1, 0.15) is 25.0 Å². The molecule has 9 aromatic carbocycles. The highest BCUT2D eigenvalue weighted by Crippen LogP contribution is 2.57. The minimum Gasteiger partial charge on any atom is -0.306 e. The Bertz CT molecular complexity index is 3550. The molecule has 0 saturated carbocycles. The summed E-state index contributed by atoms with van der Waals surface area (Å²) in [5.74, 6) is 0. The molecule has 0 fully saturated rings. The molecule has 65 heavy (non-hydrogen) atoms. The SMILES string of the molecule is CC1(C)c2ccccc2-c2c(N(c3ccccc3-c3ccccc3-c3ccccc3)c3c(-c4ccccc4)n4nc(-c5ccccc5)c(-c5ccccc5)c4c4ccccc34)cccc21. The van der Waals surface area contributed by atoms with Crippen LogP contribution in [0.5, 0.6) is 0 Å². The standard InChI is InChI=1S/C62H45N3/c1-62(2)52-38-21-19-37-51(52)57-53(62)39-23-41-55(57)64(54-40-22-20-34-48(54)47-33-16-15-32-46(47)42-24-7-3-8-25-42)61-50-36-18-17-35-49(50)60-56(43-26-9-4-10-27-43)58(44-28-11-5-12-29-44)63-65(60)59(61)45-30-13-6-14-31-45/h3-41H,1-2H3. The van der Waals surface area contributed by atoms with E-state index in [9.17, 15) is 0 Å². The molecule has 3 nitrogen and oxygen atoms in total. The predicted octanol–water partition coefficient (Wildman–Crippen LogP) is 16.6. The van der Waals surface area contributed by atoms with Crippen LogP contribution in [0.4, 0.5) is 17.1 Å². The van der Waals surface area contributed by atoms with E-state index in [0.29, 0.717) is 0 Å². The van der Waals surface area contributed by atoms with Crippen LogP contribution in [0.2, 0.25) is 0 Å². The number of rotatable bonds is 8. The Morgan fingerprint density at radius 1 is 0.369 bits per heavy atom. The summed E-state index contributed by atoms with van der Waals surface area (Å²) in [6.45, 7) is 4.74. The van der Waals surface area contributed by atoms with Crippen molar-refractivity contribution < 1.29 is 0 Å². The number of nitrogens with zero attached hydrogens (tertiary/aromatic N) is 3. The van der Waals surface area contributed by atoms with Gasteiger partial charge in [-0.2, -0.15) is 5.10 Å². The lowest BCUT2D eigenvalue weighted by atomic mass is 9.82. The molecule has 0 unspecified atom stereocenters. The fourth-order valence-electron chi connectivity index (χ4n) is 10.5. The second-order valence-corrected chi connectivity index (χ2v) is 17.5. The number of aromatic nitrogens is 2. The summed E-state index contributed by atoms with van der Waals surface area (Å²) < 4.78 is 2.26. The van der Waals surface area contributed by atoms with Gasteiger partial charge in [-0.25, -0.2) is 4.52 Å². The molecule has 12 rings (SSSR count). The molecule has 0 bridgehead atoms. The maximum atomic E-state index is 5.77. The number of hydrogen-bond donors (Lipinski definition) is 0. The highest BCUT2D eigenvalue weighted by molar-refractivity contribution is 6.17. The Morgan fingerprint density at radius 2 is 0.862 bits per heavy atom. The van der Waals surface area contributed by atoms with Crippen LogP contribution >= 0.6 is 0 Å². The molecular weight excluding hydrogens is 787 g/mol. The third-order valence-corrected chi connectivity index (χ3v) is 13.4. The first-order valence-electron chi connectivity index (χ1n) is 22.5. The molecule has 0 radical (unpaired) electrons. The molecule has 0 atom stereocenters. The summed E-state index contributed by atoms with van der Waals surface area (Å²) in [4.78, 5) is 2.57. The zero-order chi connectivity index (χ0) is 43.5. The molecule has 2 heterocycles. The van der Waals surface area contributed by atoms with Gasteiger partial charge < -0.3 is 4.90 Å². The fraction of sp³-hybridized carbons (Fsp3) is 0.0484. The Morgan fingerprint density at radius 3 is 1.55 bits per heavy atom. The quantitative estimate of drug-likeness (QED) is 0.152. The van der Waals surface area contributed by atoms with Gasteiger partial charge in [-0.3, -0.25) is 0 Å². The molecule has 0 aliphatic heterocycles. The summed E-state index contributed by atoms with van der Waals surface area (Å²) in [7, 11) is 0.